The second-order valence-electron chi connectivity index (χ2n) is 3.27. The van der Waals surface area contributed by atoms with Gasteiger partial charge >= 0.3 is 5.97 Å². The zero-order chi connectivity index (χ0) is 9.40. The van der Waals surface area contributed by atoms with Gasteiger partial charge in [0.05, 0.1) is 13.0 Å². The quantitative estimate of drug-likeness (QED) is 0.455. The van der Waals surface area contributed by atoms with Crippen LogP contribution in [0.4, 0.5) is 0 Å². The predicted octanol–water partition coefficient (Wildman–Crippen LogP) is 2.77. The Hall–Kier alpha value is -0.530. The van der Waals surface area contributed by atoms with Crippen LogP contribution in [0.5, 0.6) is 0 Å². The highest BCUT2D eigenvalue weighted by molar-refractivity contribution is 5.71. The Morgan fingerprint density at radius 2 is 2.00 bits per heavy atom. The van der Waals surface area contributed by atoms with E-state index in [0.717, 1.165) is 12.8 Å². The lowest BCUT2D eigenvalue weighted by molar-refractivity contribution is -0.145. The number of hydrogen-bond donors (Lipinski definition) is 0. The molecule has 0 heterocycles. The third-order valence-corrected chi connectivity index (χ3v) is 2.09. The lowest BCUT2D eigenvalue weighted by Gasteiger charge is -2.07. The number of unbranched alkanes of at least 4 members (excludes halogenated alkanes) is 3. The van der Waals surface area contributed by atoms with Crippen LogP contribution in [0, 0.1) is 5.92 Å². The molecule has 0 spiro atoms. The van der Waals surface area contributed by atoms with Gasteiger partial charge in [0, 0.05) is 0 Å². The molecular weight excluding hydrogens is 152 g/mol. The molecule has 0 saturated heterocycles. The Bertz CT molecular complexity index is 121. The van der Waals surface area contributed by atoms with Crippen LogP contribution < -0.4 is 0 Å². The molecular formula is C10H20O2. The smallest absolute Gasteiger partial charge is 0.308 e. The van der Waals surface area contributed by atoms with Gasteiger partial charge in [-0.25, -0.2) is 0 Å². The van der Waals surface area contributed by atoms with E-state index >= 15 is 0 Å². The number of ether oxygens (including phenoxy) is 1. The molecule has 0 N–H and O–H groups in total. The maximum atomic E-state index is 11.0. The van der Waals surface area contributed by atoms with Crippen molar-refractivity contribution < 1.29 is 9.53 Å². The predicted molar refractivity (Wildman–Crippen MR) is 49.9 cm³/mol. The van der Waals surface area contributed by atoms with Crippen molar-refractivity contribution in [1.29, 1.82) is 0 Å². The van der Waals surface area contributed by atoms with E-state index in [1.807, 2.05) is 6.92 Å². The topological polar surface area (TPSA) is 26.3 Å². The lowest BCUT2D eigenvalue weighted by atomic mass is 10.0. The standard InChI is InChI=1S/C10H20O2/c1-4-5-6-7-8-9(2)10(11)12-3/h9H,4-8H2,1-3H3/t9-/m0/s1. The Morgan fingerprint density at radius 1 is 1.33 bits per heavy atom. The average molecular weight is 172 g/mol. The summed E-state index contributed by atoms with van der Waals surface area (Å²) in [4.78, 5) is 11.0. The highest BCUT2D eigenvalue weighted by Crippen LogP contribution is 2.11. The molecule has 12 heavy (non-hydrogen) atoms. The third kappa shape index (κ3) is 5.16. The van der Waals surface area contributed by atoms with Crippen LogP contribution in [0.3, 0.4) is 0 Å². The van der Waals surface area contributed by atoms with Gasteiger partial charge in [0.2, 0.25) is 0 Å². The first-order valence-corrected chi connectivity index (χ1v) is 4.80. The molecule has 72 valence electrons. The van der Waals surface area contributed by atoms with Crippen molar-refractivity contribution in [3.05, 3.63) is 0 Å². The number of rotatable bonds is 6. The van der Waals surface area contributed by atoms with Crippen molar-refractivity contribution in [2.24, 2.45) is 5.92 Å². The summed E-state index contributed by atoms with van der Waals surface area (Å²) in [5, 5.41) is 0. The van der Waals surface area contributed by atoms with Crippen LogP contribution >= 0.6 is 0 Å². The molecule has 0 bridgehead atoms. The first-order valence-electron chi connectivity index (χ1n) is 4.80. The van der Waals surface area contributed by atoms with Crippen LogP contribution in [0.15, 0.2) is 0 Å². The third-order valence-electron chi connectivity index (χ3n) is 2.09. The van der Waals surface area contributed by atoms with Gasteiger partial charge in [0.1, 0.15) is 0 Å². The summed E-state index contributed by atoms with van der Waals surface area (Å²) in [6.07, 6.45) is 5.86. The largest absolute Gasteiger partial charge is 0.469 e. The van der Waals surface area contributed by atoms with E-state index in [1.165, 1.54) is 26.4 Å². The fourth-order valence-corrected chi connectivity index (χ4v) is 1.20. The number of hydrogen-bond acceptors (Lipinski definition) is 2. The summed E-state index contributed by atoms with van der Waals surface area (Å²) >= 11 is 0. The number of esters is 1. The summed E-state index contributed by atoms with van der Waals surface area (Å²) in [7, 11) is 1.45. The summed E-state index contributed by atoms with van der Waals surface area (Å²) in [6, 6.07) is 0. The van der Waals surface area contributed by atoms with Gasteiger partial charge in [0.25, 0.3) is 0 Å². The molecule has 0 saturated carbocycles. The SMILES string of the molecule is CCCCCC[C@H](C)C(=O)OC. The van der Waals surface area contributed by atoms with Crippen molar-refractivity contribution in [3.8, 4) is 0 Å². The lowest BCUT2D eigenvalue weighted by Crippen LogP contribution is -2.12. The number of carbonyl (C=O) groups is 1. The Labute approximate surface area is 75.3 Å². The molecule has 0 aliphatic rings. The van der Waals surface area contributed by atoms with Gasteiger partial charge in [-0.1, -0.05) is 39.5 Å². The molecule has 2 heteroatoms. The second-order valence-corrected chi connectivity index (χ2v) is 3.27. The van der Waals surface area contributed by atoms with Gasteiger partial charge in [-0.05, 0) is 6.42 Å². The first kappa shape index (κ1) is 11.5. The van der Waals surface area contributed by atoms with E-state index < -0.39 is 0 Å². The highest BCUT2D eigenvalue weighted by atomic mass is 16.5. The first-order chi connectivity index (χ1) is 5.72. The molecule has 0 unspecified atom stereocenters. The van der Waals surface area contributed by atoms with E-state index in [4.69, 9.17) is 0 Å². The minimum atomic E-state index is -0.0773. The molecule has 0 aromatic heterocycles. The molecule has 0 aliphatic heterocycles. The zero-order valence-electron chi connectivity index (χ0n) is 8.43. The van der Waals surface area contributed by atoms with Gasteiger partial charge in [0.15, 0.2) is 0 Å². The minimum absolute atomic E-state index is 0.0758. The Kier molecular flexibility index (Phi) is 6.82. The van der Waals surface area contributed by atoms with E-state index in [9.17, 15) is 4.79 Å². The summed E-state index contributed by atoms with van der Waals surface area (Å²) in [5.74, 6) is -0.00152. The summed E-state index contributed by atoms with van der Waals surface area (Å²) < 4.78 is 4.63. The van der Waals surface area contributed by atoms with Gasteiger partial charge in [-0.15, -0.1) is 0 Å². The maximum absolute atomic E-state index is 11.0. The minimum Gasteiger partial charge on any atom is -0.469 e. The molecule has 2 nitrogen and oxygen atoms in total. The van der Waals surface area contributed by atoms with E-state index in [-0.39, 0.29) is 11.9 Å². The molecule has 0 aliphatic carbocycles. The van der Waals surface area contributed by atoms with E-state index in [0.29, 0.717) is 0 Å². The summed E-state index contributed by atoms with van der Waals surface area (Å²) in [5.41, 5.74) is 0. The van der Waals surface area contributed by atoms with Crippen LogP contribution in [0.1, 0.15) is 46.0 Å². The number of methoxy groups -OCH3 is 1. The number of carbonyl (C=O) groups excluding carboxylic acids is 1. The molecule has 0 amide bonds. The van der Waals surface area contributed by atoms with Gasteiger partial charge < -0.3 is 4.74 Å². The van der Waals surface area contributed by atoms with E-state index in [2.05, 4.69) is 11.7 Å². The van der Waals surface area contributed by atoms with Crippen molar-refractivity contribution in [2.45, 2.75) is 46.0 Å². The second kappa shape index (κ2) is 7.14. The molecule has 1 atom stereocenters. The molecule has 0 aromatic rings. The van der Waals surface area contributed by atoms with Crippen LogP contribution in [-0.4, -0.2) is 13.1 Å². The normalized spacial score (nSPS) is 12.6. The van der Waals surface area contributed by atoms with Gasteiger partial charge in [-0.3, -0.25) is 4.79 Å². The van der Waals surface area contributed by atoms with Crippen molar-refractivity contribution in [3.63, 3.8) is 0 Å². The fourth-order valence-electron chi connectivity index (χ4n) is 1.20. The molecule has 0 radical (unpaired) electrons. The monoisotopic (exact) mass is 172 g/mol. The van der Waals surface area contributed by atoms with Crippen LogP contribution in [0.25, 0.3) is 0 Å². The van der Waals surface area contributed by atoms with Crippen molar-refractivity contribution in [2.75, 3.05) is 7.11 Å². The Balaban J connectivity index is 3.31. The molecule has 0 aromatic carbocycles. The van der Waals surface area contributed by atoms with Crippen LogP contribution in [-0.2, 0) is 9.53 Å². The Morgan fingerprint density at radius 3 is 2.50 bits per heavy atom. The van der Waals surface area contributed by atoms with Gasteiger partial charge in [-0.2, -0.15) is 0 Å². The average Bonchev–Trinajstić information content (AvgIpc) is 2.10. The molecule has 0 rings (SSSR count). The van der Waals surface area contributed by atoms with Crippen molar-refractivity contribution >= 4 is 5.97 Å². The molecule has 0 fully saturated rings. The van der Waals surface area contributed by atoms with Crippen LogP contribution in [0.2, 0.25) is 0 Å². The zero-order valence-corrected chi connectivity index (χ0v) is 8.43. The fraction of sp³-hybridized carbons (Fsp3) is 0.900. The highest BCUT2D eigenvalue weighted by Gasteiger charge is 2.11. The maximum Gasteiger partial charge on any atom is 0.308 e. The van der Waals surface area contributed by atoms with E-state index in [1.54, 1.807) is 0 Å². The van der Waals surface area contributed by atoms with Crippen molar-refractivity contribution in [1.82, 2.24) is 0 Å². The summed E-state index contributed by atoms with van der Waals surface area (Å²) in [6.45, 7) is 4.11.